The van der Waals surface area contributed by atoms with Gasteiger partial charge in [0.25, 0.3) is 0 Å². The van der Waals surface area contributed by atoms with Gasteiger partial charge in [-0.15, -0.1) is 0 Å². The maximum absolute atomic E-state index is 13.5. The van der Waals surface area contributed by atoms with Gasteiger partial charge in [-0.3, -0.25) is 4.79 Å². The second kappa shape index (κ2) is 6.12. The minimum atomic E-state index is -0.849. The number of carboxylic acid groups (broad SMARTS) is 1. The fourth-order valence-corrected chi connectivity index (χ4v) is 1.43. The predicted octanol–water partition coefficient (Wildman–Crippen LogP) is 1.84. The SMILES string of the molecule is CCC(CNc1ncnc(C)c1F)CC(=O)O. The second-order valence-corrected chi connectivity index (χ2v) is 3.87. The highest BCUT2D eigenvalue weighted by molar-refractivity contribution is 5.67. The average molecular weight is 241 g/mol. The highest BCUT2D eigenvalue weighted by Gasteiger charge is 2.13. The third-order valence-electron chi connectivity index (χ3n) is 2.56. The number of hydrogen-bond acceptors (Lipinski definition) is 4. The maximum Gasteiger partial charge on any atom is 0.303 e. The number of rotatable bonds is 6. The number of carbonyl (C=O) groups is 1. The van der Waals surface area contributed by atoms with Crippen LogP contribution < -0.4 is 5.32 Å². The highest BCUT2D eigenvalue weighted by Crippen LogP contribution is 2.14. The minimum absolute atomic E-state index is 0.0397. The van der Waals surface area contributed by atoms with Gasteiger partial charge in [0, 0.05) is 13.0 Å². The summed E-state index contributed by atoms with van der Waals surface area (Å²) < 4.78 is 13.5. The Morgan fingerprint density at radius 1 is 1.59 bits per heavy atom. The molecule has 94 valence electrons. The molecule has 1 rings (SSSR count). The number of carboxylic acids is 1. The van der Waals surface area contributed by atoms with Crippen molar-refractivity contribution in [3.05, 3.63) is 17.8 Å². The molecule has 1 unspecified atom stereocenters. The molecule has 0 amide bonds. The van der Waals surface area contributed by atoms with Gasteiger partial charge in [0.05, 0.1) is 5.69 Å². The maximum atomic E-state index is 13.5. The summed E-state index contributed by atoms with van der Waals surface area (Å²) in [6.45, 7) is 3.84. The van der Waals surface area contributed by atoms with E-state index in [0.29, 0.717) is 13.0 Å². The molecule has 17 heavy (non-hydrogen) atoms. The van der Waals surface area contributed by atoms with E-state index in [0.717, 1.165) is 0 Å². The predicted molar refractivity (Wildman–Crippen MR) is 61.3 cm³/mol. The number of aromatic nitrogens is 2. The summed E-state index contributed by atoms with van der Waals surface area (Å²) >= 11 is 0. The molecule has 0 aromatic carbocycles. The molecule has 0 fully saturated rings. The zero-order chi connectivity index (χ0) is 12.8. The molecule has 0 saturated heterocycles. The number of nitrogens with one attached hydrogen (secondary N) is 1. The van der Waals surface area contributed by atoms with Crippen LogP contribution in [-0.2, 0) is 4.79 Å². The van der Waals surface area contributed by atoms with Gasteiger partial charge in [0.2, 0.25) is 0 Å². The first kappa shape index (κ1) is 13.3. The molecule has 6 heteroatoms. The van der Waals surface area contributed by atoms with Gasteiger partial charge in [0.1, 0.15) is 6.33 Å². The van der Waals surface area contributed by atoms with E-state index in [2.05, 4.69) is 15.3 Å². The Morgan fingerprint density at radius 3 is 2.88 bits per heavy atom. The van der Waals surface area contributed by atoms with Crippen LogP contribution in [0.4, 0.5) is 10.2 Å². The van der Waals surface area contributed by atoms with Crippen molar-refractivity contribution in [2.75, 3.05) is 11.9 Å². The van der Waals surface area contributed by atoms with E-state index in [1.165, 1.54) is 6.33 Å². The van der Waals surface area contributed by atoms with Crippen LogP contribution in [0, 0.1) is 18.7 Å². The lowest BCUT2D eigenvalue weighted by atomic mass is 10.0. The topological polar surface area (TPSA) is 75.1 Å². The molecule has 1 aromatic heterocycles. The fourth-order valence-electron chi connectivity index (χ4n) is 1.43. The molecule has 0 bridgehead atoms. The largest absolute Gasteiger partial charge is 0.481 e. The highest BCUT2D eigenvalue weighted by atomic mass is 19.1. The minimum Gasteiger partial charge on any atom is -0.481 e. The standard InChI is InChI=1S/C11H16FN3O2/c1-3-8(4-9(16)17)5-13-11-10(12)7(2)14-6-15-11/h6,8H,3-5H2,1-2H3,(H,16,17)(H,13,14,15). The Labute approximate surface area is 99.1 Å². The van der Waals surface area contributed by atoms with Crippen LogP contribution in [0.1, 0.15) is 25.5 Å². The Balaban J connectivity index is 2.59. The van der Waals surface area contributed by atoms with E-state index in [4.69, 9.17) is 5.11 Å². The number of aliphatic carboxylic acids is 1. The summed E-state index contributed by atoms with van der Waals surface area (Å²) in [6.07, 6.45) is 2.05. The van der Waals surface area contributed by atoms with Crippen LogP contribution in [-0.4, -0.2) is 27.6 Å². The summed E-state index contributed by atoms with van der Waals surface area (Å²) in [5, 5.41) is 11.5. The molecule has 0 saturated carbocycles. The lowest BCUT2D eigenvalue weighted by Crippen LogP contribution is -2.18. The van der Waals surface area contributed by atoms with Crippen LogP contribution in [0.5, 0.6) is 0 Å². The van der Waals surface area contributed by atoms with Crippen LogP contribution in [0.15, 0.2) is 6.33 Å². The van der Waals surface area contributed by atoms with Gasteiger partial charge >= 0.3 is 5.97 Å². The van der Waals surface area contributed by atoms with Gasteiger partial charge in [-0.25, -0.2) is 14.4 Å². The number of anilines is 1. The van der Waals surface area contributed by atoms with Gasteiger partial charge < -0.3 is 10.4 Å². The number of nitrogens with zero attached hydrogens (tertiary/aromatic N) is 2. The fraction of sp³-hybridized carbons (Fsp3) is 0.545. The number of halogens is 1. The molecule has 0 radical (unpaired) electrons. The molecule has 0 aliphatic heterocycles. The smallest absolute Gasteiger partial charge is 0.303 e. The summed E-state index contributed by atoms with van der Waals surface area (Å²) in [6, 6.07) is 0. The summed E-state index contributed by atoms with van der Waals surface area (Å²) in [4.78, 5) is 18.1. The molecular weight excluding hydrogens is 225 g/mol. The monoisotopic (exact) mass is 241 g/mol. The van der Waals surface area contributed by atoms with Crippen molar-refractivity contribution in [3.8, 4) is 0 Å². The van der Waals surface area contributed by atoms with E-state index >= 15 is 0 Å². The van der Waals surface area contributed by atoms with Crippen molar-refractivity contribution in [2.45, 2.75) is 26.7 Å². The Hall–Kier alpha value is -1.72. The zero-order valence-corrected chi connectivity index (χ0v) is 9.90. The first-order valence-corrected chi connectivity index (χ1v) is 5.47. The third-order valence-corrected chi connectivity index (χ3v) is 2.56. The first-order chi connectivity index (χ1) is 8.04. The van der Waals surface area contributed by atoms with Gasteiger partial charge in [0.15, 0.2) is 11.6 Å². The number of aryl methyl sites for hydroxylation is 1. The molecule has 2 N–H and O–H groups in total. The quantitative estimate of drug-likeness (QED) is 0.794. The van der Waals surface area contributed by atoms with Crippen molar-refractivity contribution in [3.63, 3.8) is 0 Å². The summed E-state index contributed by atoms with van der Waals surface area (Å²) in [5.41, 5.74) is 0.272. The molecule has 5 nitrogen and oxygen atoms in total. The van der Waals surface area contributed by atoms with Crippen molar-refractivity contribution in [2.24, 2.45) is 5.92 Å². The van der Waals surface area contributed by atoms with Gasteiger partial charge in [-0.1, -0.05) is 13.3 Å². The van der Waals surface area contributed by atoms with E-state index in [9.17, 15) is 9.18 Å². The molecular formula is C11H16FN3O2. The molecule has 0 aliphatic rings. The van der Waals surface area contributed by atoms with Crippen LogP contribution in [0.3, 0.4) is 0 Å². The van der Waals surface area contributed by atoms with Crippen molar-refractivity contribution < 1.29 is 14.3 Å². The Morgan fingerprint density at radius 2 is 2.29 bits per heavy atom. The van der Waals surface area contributed by atoms with Crippen LogP contribution in [0.2, 0.25) is 0 Å². The van der Waals surface area contributed by atoms with E-state index in [1.54, 1.807) is 6.92 Å². The third kappa shape index (κ3) is 3.97. The lowest BCUT2D eigenvalue weighted by Gasteiger charge is -2.14. The lowest BCUT2D eigenvalue weighted by molar-refractivity contribution is -0.138. The van der Waals surface area contributed by atoms with Gasteiger partial charge in [-0.05, 0) is 12.8 Å². The van der Waals surface area contributed by atoms with Crippen LogP contribution >= 0.6 is 0 Å². The Bertz CT molecular complexity index is 398. The second-order valence-electron chi connectivity index (χ2n) is 3.87. The van der Waals surface area contributed by atoms with Crippen molar-refractivity contribution in [1.82, 2.24) is 9.97 Å². The zero-order valence-electron chi connectivity index (χ0n) is 9.90. The van der Waals surface area contributed by atoms with E-state index in [-0.39, 0.29) is 23.9 Å². The van der Waals surface area contributed by atoms with Gasteiger partial charge in [-0.2, -0.15) is 0 Å². The van der Waals surface area contributed by atoms with Crippen molar-refractivity contribution >= 4 is 11.8 Å². The molecule has 0 aliphatic carbocycles. The van der Waals surface area contributed by atoms with E-state index < -0.39 is 11.8 Å². The van der Waals surface area contributed by atoms with Crippen LogP contribution in [0.25, 0.3) is 0 Å². The Kier molecular flexibility index (Phi) is 4.81. The summed E-state index contributed by atoms with van der Waals surface area (Å²) in [7, 11) is 0. The molecule has 0 spiro atoms. The normalized spacial score (nSPS) is 12.2. The van der Waals surface area contributed by atoms with E-state index in [1.807, 2.05) is 6.92 Å². The average Bonchev–Trinajstić information content (AvgIpc) is 2.28. The van der Waals surface area contributed by atoms with Crippen molar-refractivity contribution in [1.29, 1.82) is 0 Å². The molecule has 1 aromatic rings. The molecule has 1 heterocycles. The molecule has 1 atom stereocenters. The number of hydrogen-bond donors (Lipinski definition) is 2. The first-order valence-electron chi connectivity index (χ1n) is 5.47. The summed E-state index contributed by atoms with van der Waals surface area (Å²) in [5.74, 6) is -1.25.